The molecular weight excluding hydrogens is 228 g/mol. The van der Waals surface area contributed by atoms with Crippen LogP contribution in [0.4, 0.5) is 5.69 Å². The maximum Gasteiger partial charge on any atom is 0.273 e. The molecule has 0 aliphatic heterocycles. The van der Waals surface area contributed by atoms with Crippen molar-refractivity contribution in [3.8, 4) is 0 Å². The SMILES string of the molecule is O=[N+]([O-])c1ccccc1CNCCC1=CCCC1. The van der Waals surface area contributed by atoms with Gasteiger partial charge in [0.1, 0.15) is 0 Å². The average molecular weight is 246 g/mol. The third-order valence-corrected chi connectivity index (χ3v) is 3.26. The first-order chi connectivity index (χ1) is 8.77. The number of allylic oxidation sites excluding steroid dienone is 1. The van der Waals surface area contributed by atoms with Crippen LogP contribution in [0.25, 0.3) is 0 Å². The molecule has 0 bridgehead atoms. The van der Waals surface area contributed by atoms with Crippen LogP contribution in [0.2, 0.25) is 0 Å². The number of nitrogens with one attached hydrogen (secondary N) is 1. The highest BCUT2D eigenvalue weighted by Gasteiger charge is 2.11. The summed E-state index contributed by atoms with van der Waals surface area (Å²) in [6.07, 6.45) is 7.07. The first kappa shape index (κ1) is 12.8. The summed E-state index contributed by atoms with van der Waals surface area (Å²) < 4.78 is 0. The van der Waals surface area contributed by atoms with Gasteiger partial charge in [-0.15, -0.1) is 0 Å². The molecule has 0 saturated heterocycles. The van der Waals surface area contributed by atoms with E-state index in [4.69, 9.17) is 0 Å². The van der Waals surface area contributed by atoms with E-state index in [2.05, 4.69) is 11.4 Å². The van der Waals surface area contributed by atoms with Gasteiger partial charge in [0.2, 0.25) is 0 Å². The monoisotopic (exact) mass is 246 g/mol. The van der Waals surface area contributed by atoms with Crippen molar-refractivity contribution >= 4 is 5.69 Å². The highest BCUT2D eigenvalue weighted by molar-refractivity contribution is 5.39. The van der Waals surface area contributed by atoms with Gasteiger partial charge in [-0.25, -0.2) is 0 Å². The van der Waals surface area contributed by atoms with Crippen LogP contribution in [0.1, 0.15) is 31.2 Å². The summed E-state index contributed by atoms with van der Waals surface area (Å²) in [6, 6.07) is 6.89. The number of nitrogens with zero attached hydrogens (tertiary/aromatic N) is 1. The number of hydrogen-bond acceptors (Lipinski definition) is 3. The summed E-state index contributed by atoms with van der Waals surface area (Å²) in [4.78, 5) is 10.5. The van der Waals surface area contributed by atoms with Gasteiger partial charge in [0, 0.05) is 18.2 Å². The molecule has 0 atom stereocenters. The first-order valence-corrected chi connectivity index (χ1v) is 6.38. The predicted molar refractivity (Wildman–Crippen MR) is 71.4 cm³/mol. The number of benzene rings is 1. The Morgan fingerprint density at radius 3 is 2.89 bits per heavy atom. The molecule has 0 heterocycles. The van der Waals surface area contributed by atoms with Crippen molar-refractivity contribution in [3.05, 3.63) is 51.6 Å². The third kappa shape index (κ3) is 3.40. The minimum Gasteiger partial charge on any atom is -0.312 e. The van der Waals surface area contributed by atoms with Crippen LogP contribution in [-0.2, 0) is 6.54 Å². The Bertz CT molecular complexity index is 455. The quantitative estimate of drug-likeness (QED) is 0.363. The molecule has 0 amide bonds. The number of nitro groups is 1. The Labute approximate surface area is 107 Å². The van der Waals surface area contributed by atoms with Gasteiger partial charge in [0.05, 0.1) is 4.92 Å². The van der Waals surface area contributed by atoms with Crippen molar-refractivity contribution in [2.45, 2.75) is 32.2 Å². The molecule has 4 nitrogen and oxygen atoms in total. The van der Waals surface area contributed by atoms with E-state index in [0.29, 0.717) is 6.54 Å². The lowest BCUT2D eigenvalue weighted by Crippen LogP contribution is -2.16. The molecule has 4 heteroatoms. The normalized spacial score (nSPS) is 14.6. The Morgan fingerprint density at radius 1 is 1.33 bits per heavy atom. The first-order valence-electron chi connectivity index (χ1n) is 6.38. The van der Waals surface area contributed by atoms with Crippen molar-refractivity contribution in [2.75, 3.05) is 6.54 Å². The summed E-state index contributed by atoms with van der Waals surface area (Å²) >= 11 is 0. The number of rotatable bonds is 6. The molecule has 0 unspecified atom stereocenters. The van der Waals surface area contributed by atoms with E-state index in [0.717, 1.165) is 18.5 Å². The zero-order valence-electron chi connectivity index (χ0n) is 10.4. The standard InChI is InChI=1S/C14H18N2O2/c17-16(18)14-8-4-3-7-13(14)11-15-10-9-12-5-1-2-6-12/h3-5,7-8,15H,1-2,6,9-11H2. The van der Waals surface area contributed by atoms with Gasteiger partial charge in [-0.1, -0.05) is 29.8 Å². The Kier molecular flexibility index (Phi) is 4.47. The zero-order chi connectivity index (χ0) is 12.8. The summed E-state index contributed by atoms with van der Waals surface area (Å²) in [5, 5.41) is 14.1. The topological polar surface area (TPSA) is 55.2 Å². The van der Waals surface area contributed by atoms with Gasteiger partial charge in [-0.3, -0.25) is 10.1 Å². The molecule has 96 valence electrons. The highest BCUT2D eigenvalue weighted by Crippen LogP contribution is 2.20. The van der Waals surface area contributed by atoms with Crippen molar-refractivity contribution in [1.29, 1.82) is 0 Å². The lowest BCUT2D eigenvalue weighted by molar-refractivity contribution is -0.385. The number of nitro benzene ring substituents is 1. The van der Waals surface area contributed by atoms with E-state index >= 15 is 0 Å². The molecule has 1 aliphatic rings. The molecule has 2 rings (SSSR count). The van der Waals surface area contributed by atoms with Crippen molar-refractivity contribution in [1.82, 2.24) is 5.32 Å². The van der Waals surface area contributed by atoms with Gasteiger partial charge in [-0.2, -0.15) is 0 Å². The number of para-hydroxylation sites is 1. The largest absolute Gasteiger partial charge is 0.312 e. The predicted octanol–water partition coefficient (Wildman–Crippen LogP) is 3.18. The minimum atomic E-state index is -0.323. The van der Waals surface area contributed by atoms with Gasteiger partial charge >= 0.3 is 0 Å². The van der Waals surface area contributed by atoms with Crippen LogP contribution in [0.3, 0.4) is 0 Å². The van der Waals surface area contributed by atoms with Crippen molar-refractivity contribution < 1.29 is 4.92 Å². The van der Waals surface area contributed by atoms with Crippen LogP contribution in [0.15, 0.2) is 35.9 Å². The molecule has 0 saturated carbocycles. The molecule has 0 aromatic heterocycles. The van der Waals surface area contributed by atoms with E-state index < -0.39 is 0 Å². The lowest BCUT2D eigenvalue weighted by Gasteiger charge is -2.06. The summed E-state index contributed by atoms with van der Waals surface area (Å²) in [5.74, 6) is 0. The minimum absolute atomic E-state index is 0.199. The Hall–Kier alpha value is -1.68. The summed E-state index contributed by atoms with van der Waals surface area (Å²) in [6.45, 7) is 1.45. The Morgan fingerprint density at radius 2 is 2.17 bits per heavy atom. The Balaban J connectivity index is 1.81. The van der Waals surface area contributed by atoms with E-state index in [-0.39, 0.29) is 10.6 Å². The smallest absolute Gasteiger partial charge is 0.273 e. The van der Waals surface area contributed by atoms with Gasteiger partial charge in [0.15, 0.2) is 0 Å². The fraction of sp³-hybridized carbons (Fsp3) is 0.429. The van der Waals surface area contributed by atoms with Crippen LogP contribution in [0.5, 0.6) is 0 Å². The molecule has 1 N–H and O–H groups in total. The van der Waals surface area contributed by atoms with Crippen molar-refractivity contribution in [2.24, 2.45) is 0 Å². The zero-order valence-corrected chi connectivity index (χ0v) is 10.4. The van der Waals surface area contributed by atoms with Gasteiger partial charge < -0.3 is 5.32 Å². The summed E-state index contributed by atoms with van der Waals surface area (Å²) in [5.41, 5.74) is 2.47. The van der Waals surface area contributed by atoms with Crippen molar-refractivity contribution in [3.63, 3.8) is 0 Å². The second kappa shape index (κ2) is 6.31. The lowest BCUT2D eigenvalue weighted by atomic mass is 10.1. The van der Waals surface area contributed by atoms with Crippen LogP contribution in [-0.4, -0.2) is 11.5 Å². The molecule has 0 spiro atoms. The molecule has 1 aliphatic carbocycles. The molecular formula is C14H18N2O2. The molecule has 18 heavy (non-hydrogen) atoms. The number of hydrogen-bond donors (Lipinski definition) is 1. The van der Waals surface area contributed by atoms with E-state index in [1.165, 1.54) is 24.8 Å². The van der Waals surface area contributed by atoms with Gasteiger partial charge in [0.25, 0.3) is 5.69 Å². The average Bonchev–Trinajstić information content (AvgIpc) is 2.88. The van der Waals surface area contributed by atoms with E-state index in [1.807, 2.05) is 6.07 Å². The van der Waals surface area contributed by atoms with Gasteiger partial charge in [-0.05, 0) is 32.2 Å². The molecule has 0 radical (unpaired) electrons. The maximum atomic E-state index is 10.8. The third-order valence-electron chi connectivity index (χ3n) is 3.26. The summed E-state index contributed by atoms with van der Waals surface area (Å²) in [7, 11) is 0. The van der Waals surface area contributed by atoms with Crippen LogP contribution >= 0.6 is 0 Å². The molecule has 0 fully saturated rings. The highest BCUT2D eigenvalue weighted by atomic mass is 16.6. The second-order valence-electron chi connectivity index (χ2n) is 4.57. The van der Waals surface area contributed by atoms with E-state index in [9.17, 15) is 10.1 Å². The molecule has 1 aromatic carbocycles. The van der Waals surface area contributed by atoms with Crippen LogP contribution < -0.4 is 5.32 Å². The molecule has 1 aromatic rings. The second-order valence-corrected chi connectivity index (χ2v) is 4.57. The van der Waals surface area contributed by atoms with E-state index in [1.54, 1.807) is 18.2 Å². The maximum absolute atomic E-state index is 10.8. The fourth-order valence-electron chi connectivity index (χ4n) is 2.27. The fourth-order valence-corrected chi connectivity index (χ4v) is 2.27. The van der Waals surface area contributed by atoms with Crippen LogP contribution in [0, 0.1) is 10.1 Å².